The zero-order valence-corrected chi connectivity index (χ0v) is 46.0. The van der Waals surface area contributed by atoms with Gasteiger partial charge >= 0.3 is 0 Å². The molecule has 2 aliphatic carbocycles. The summed E-state index contributed by atoms with van der Waals surface area (Å²) in [6, 6.07) is 25.5. The molecule has 0 bridgehead atoms. The Balaban J connectivity index is 0.000000151. The second-order valence-electron chi connectivity index (χ2n) is 23.0. The van der Waals surface area contributed by atoms with Gasteiger partial charge in [-0.15, -0.1) is 10.2 Å². The van der Waals surface area contributed by atoms with Crippen molar-refractivity contribution in [2.45, 2.75) is 102 Å². The van der Waals surface area contributed by atoms with Crippen molar-refractivity contribution in [2.75, 3.05) is 26.4 Å². The lowest BCUT2D eigenvalue weighted by Gasteiger charge is -2.33. The third-order valence-electron chi connectivity index (χ3n) is 17.7. The highest BCUT2D eigenvalue weighted by molar-refractivity contribution is 6.06. The first kappa shape index (κ1) is 52.0. The van der Waals surface area contributed by atoms with Crippen LogP contribution in [0.25, 0.3) is 66.6 Å². The van der Waals surface area contributed by atoms with Crippen molar-refractivity contribution in [3.63, 3.8) is 0 Å². The number of hydrogen-bond acceptors (Lipinski definition) is 12. The summed E-state index contributed by atoms with van der Waals surface area (Å²) in [5.41, 5.74) is 10.3. The molecule has 10 heterocycles. The molecule has 2 N–H and O–H groups in total. The van der Waals surface area contributed by atoms with Crippen LogP contribution >= 0.6 is 0 Å². The molecule has 4 aliphatic rings. The third-order valence-corrected chi connectivity index (χ3v) is 17.7. The summed E-state index contributed by atoms with van der Waals surface area (Å²) in [6.07, 6.45) is 10.8. The molecule has 4 fully saturated rings. The second-order valence-corrected chi connectivity index (χ2v) is 23.0. The molecular formula is C62H66F2N12O4. The number of nitrogens with zero attached hydrogens (tertiary/aromatic N) is 12. The van der Waals surface area contributed by atoms with Gasteiger partial charge < -0.3 is 28.8 Å². The summed E-state index contributed by atoms with van der Waals surface area (Å²) in [7, 11) is 3.74. The summed E-state index contributed by atoms with van der Waals surface area (Å²) in [5, 5.41) is 41.5. The van der Waals surface area contributed by atoms with E-state index in [1.54, 1.807) is 21.5 Å². The smallest absolute Gasteiger partial charge is 0.143 e. The quantitative estimate of drug-likeness (QED) is 0.118. The first-order chi connectivity index (χ1) is 38.7. The molecule has 0 amide bonds. The van der Waals surface area contributed by atoms with Crippen LogP contribution in [0.15, 0.2) is 97.3 Å². The molecule has 0 radical (unpaired) electrons. The third kappa shape index (κ3) is 9.04. The lowest BCUT2D eigenvalue weighted by atomic mass is 9.86. The highest BCUT2D eigenvalue weighted by atomic mass is 19.1. The van der Waals surface area contributed by atoms with Crippen LogP contribution in [0, 0.1) is 49.2 Å². The maximum Gasteiger partial charge on any atom is 0.143 e. The van der Waals surface area contributed by atoms with Crippen LogP contribution in [-0.2, 0) is 34.8 Å². The Morgan fingerprint density at radius 1 is 0.550 bits per heavy atom. The highest BCUT2D eigenvalue weighted by Crippen LogP contribution is 2.49. The summed E-state index contributed by atoms with van der Waals surface area (Å²) in [4.78, 5) is 20.1. The molecular weight excluding hydrogens is 1010 g/mol. The van der Waals surface area contributed by atoms with Crippen LogP contribution in [0.5, 0.6) is 0 Å². The van der Waals surface area contributed by atoms with E-state index in [-0.39, 0.29) is 47.4 Å². The summed E-state index contributed by atoms with van der Waals surface area (Å²) in [5.74, 6) is 0.151. The van der Waals surface area contributed by atoms with Crippen LogP contribution in [0.2, 0.25) is 0 Å². The molecule has 16 nitrogen and oxygen atoms in total. The number of benzene rings is 2. The number of fused-ring (bicyclic) bond motifs is 6. The Bertz CT molecular complexity index is 3680. The van der Waals surface area contributed by atoms with Gasteiger partial charge in [-0.3, -0.25) is 9.97 Å². The topological polar surface area (TPSA) is 182 Å². The van der Waals surface area contributed by atoms with Crippen molar-refractivity contribution < 1.29 is 28.5 Å². The monoisotopic (exact) mass is 1080 g/mol. The van der Waals surface area contributed by atoms with Crippen LogP contribution < -0.4 is 0 Å². The number of halogens is 2. The van der Waals surface area contributed by atoms with Crippen molar-refractivity contribution in [1.29, 1.82) is 0 Å². The van der Waals surface area contributed by atoms with E-state index in [4.69, 9.17) is 29.4 Å². The normalized spacial score (nSPS) is 18.8. The van der Waals surface area contributed by atoms with Crippen molar-refractivity contribution in [3.05, 3.63) is 143 Å². The van der Waals surface area contributed by atoms with E-state index in [2.05, 4.69) is 41.9 Å². The Morgan fingerprint density at radius 3 is 1.29 bits per heavy atom. The van der Waals surface area contributed by atoms with Crippen LogP contribution in [0.4, 0.5) is 8.78 Å². The van der Waals surface area contributed by atoms with E-state index < -0.39 is 11.2 Å². The molecule has 4 atom stereocenters. The van der Waals surface area contributed by atoms with E-state index in [9.17, 15) is 10.2 Å². The fraction of sp³-hybridized carbons (Fsp3) is 0.419. The van der Waals surface area contributed by atoms with Gasteiger partial charge in [-0.2, -0.15) is 0 Å². The first-order valence-electron chi connectivity index (χ1n) is 28.1. The molecule has 2 saturated carbocycles. The molecule has 18 heteroatoms. The highest BCUT2D eigenvalue weighted by Gasteiger charge is 2.44. The van der Waals surface area contributed by atoms with Gasteiger partial charge in [0, 0.05) is 85.9 Å². The molecule has 412 valence electrons. The van der Waals surface area contributed by atoms with Crippen LogP contribution in [0.1, 0.15) is 111 Å². The van der Waals surface area contributed by atoms with Gasteiger partial charge in [0.15, 0.2) is 0 Å². The lowest BCUT2D eigenvalue weighted by Crippen LogP contribution is -2.28. The zero-order valence-electron chi connectivity index (χ0n) is 46.0. The second kappa shape index (κ2) is 20.3. The minimum Gasteiger partial charge on any atom is -0.384 e. The Morgan fingerprint density at radius 2 is 0.938 bits per heavy atom. The SMILES string of the molecule is Cc1nnn(C)c1-c1cnc2c3ccc(C(C)(O)C4CC4)nc3n([C@H](c3ccccc3F)C3CCOCC3)c2c1.Cc1nnn(C)c1-c1cnc2c3ccc(C(C)(O)C4CC4)nc3n([C@H](c3ccccc3F)C3CCOCC3)c2c1. The predicted molar refractivity (Wildman–Crippen MR) is 300 cm³/mol. The van der Waals surface area contributed by atoms with E-state index in [0.717, 1.165) is 118 Å². The van der Waals surface area contributed by atoms with E-state index in [1.165, 1.54) is 12.1 Å². The van der Waals surface area contributed by atoms with E-state index in [1.807, 2.05) is 103 Å². The molecule has 2 saturated heterocycles. The minimum atomic E-state index is -1.03. The number of hydrogen-bond donors (Lipinski definition) is 2. The van der Waals surface area contributed by atoms with E-state index in [0.29, 0.717) is 60.2 Å². The average molecular weight is 1080 g/mol. The average Bonchev–Trinajstić information content (AvgIpc) is 4.44. The molecule has 2 aliphatic heterocycles. The molecule has 14 rings (SSSR count). The summed E-state index contributed by atoms with van der Waals surface area (Å²) < 4.78 is 50.6. The van der Waals surface area contributed by atoms with Gasteiger partial charge in [-0.25, -0.2) is 28.1 Å². The Hall–Kier alpha value is -7.38. The molecule has 2 aromatic carbocycles. The van der Waals surface area contributed by atoms with Crippen molar-refractivity contribution in [1.82, 2.24) is 59.1 Å². The number of ether oxygens (including phenoxy) is 2. The van der Waals surface area contributed by atoms with Gasteiger partial charge in [0.25, 0.3) is 0 Å². The molecule has 2 unspecified atom stereocenters. The van der Waals surface area contributed by atoms with Crippen LogP contribution in [-0.4, -0.2) is 95.7 Å². The molecule has 10 aromatic rings. The number of pyridine rings is 4. The molecule has 0 spiro atoms. The predicted octanol–water partition coefficient (Wildman–Crippen LogP) is 10.9. The van der Waals surface area contributed by atoms with Crippen molar-refractivity contribution >= 4 is 44.1 Å². The van der Waals surface area contributed by atoms with Gasteiger partial charge in [0.05, 0.1) is 68.3 Å². The maximum absolute atomic E-state index is 15.6. The number of aliphatic hydroxyl groups is 2. The molecule has 80 heavy (non-hydrogen) atoms. The van der Waals surface area contributed by atoms with Gasteiger partial charge in [-0.1, -0.05) is 46.8 Å². The zero-order chi connectivity index (χ0) is 55.2. The van der Waals surface area contributed by atoms with Crippen molar-refractivity contribution in [2.24, 2.45) is 37.8 Å². The Kier molecular flexibility index (Phi) is 13.2. The fourth-order valence-electron chi connectivity index (χ4n) is 13.1. The lowest BCUT2D eigenvalue weighted by molar-refractivity contribution is 0.0285. The van der Waals surface area contributed by atoms with Crippen molar-refractivity contribution in [3.8, 4) is 22.5 Å². The van der Waals surface area contributed by atoms with E-state index >= 15 is 8.78 Å². The summed E-state index contributed by atoms with van der Waals surface area (Å²) in [6.45, 7) is 10.1. The largest absolute Gasteiger partial charge is 0.384 e. The number of rotatable bonds is 12. The number of aryl methyl sites for hydroxylation is 4. The maximum atomic E-state index is 15.6. The van der Waals surface area contributed by atoms with Gasteiger partial charge in [0.1, 0.15) is 34.1 Å². The summed E-state index contributed by atoms with van der Waals surface area (Å²) >= 11 is 0. The number of aromatic nitrogens is 12. The Labute approximate surface area is 461 Å². The standard InChI is InChI=1S/2C31H33FN6O2/c2*1-18-28(37(3)36-35-18)20-16-25-27(33-17-20)23-10-11-26(31(2,39)21-8-9-21)34-30(23)38(25)29(19-12-14-40-15-13-19)22-6-4-5-7-24(22)32/h2*4-7,10-11,16-17,19,21,29,39H,8-9,12-15H2,1-3H3/t2*29-,31?/m00/s1. The minimum absolute atomic E-state index is 0.127. The van der Waals surface area contributed by atoms with Gasteiger partial charge in [0.2, 0.25) is 0 Å². The van der Waals surface area contributed by atoms with Gasteiger partial charge in [-0.05, 0) is 151 Å². The first-order valence-corrected chi connectivity index (χ1v) is 28.1. The fourth-order valence-corrected chi connectivity index (χ4v) is 13.1. The van der Waals surface area contributed by atoms with Crippen LogP contribution in [0.3, 0.4) is 0 Å². The molecule has 8 aromatic heterocycles.